The monoisotopic (exact) mass is 330 g/mol. The normalized spacial score (nSPS) is 10.3. The van der Waals surface area contributed by atoms with Crippen LogP contribution in [0.2, 0.25) is 5.02 Å². The molecule has 0 aliphatic carbocycles. The Morgan fingerprint density at radius 2 is 1.74 bits per heavy atom. The van der Waals surface area contributed by atoms with Gasteiger partial charge < -0.3 is 10.6 Å². The molecule has 2 rings (SSSR count). The standard InChI is InChI=1S/C18H19ClN2O2/c1-11-8-12(2)18(16(19)9-11)20-10-17(23)21-15-6-4-14(5-7-15)13(3)22/h4-9,20H,10H2,1-3H3,(H,21,23). The van der Waals surface area contributed by atoms with Crippen molar-refractivity contribution in [2.75, 3.05) is 17.2 Å². The molecule has 0 heterocycles. The first kappa shape index (κ1) is 17.0. The number of aryl methyl sites for hydroxylation is 2. The van der Waals surface area contributed by atoms with Crippen LogP contribution in [-0.4, -0.2) is 18.2 Å². The average Bonchev–Trinajstić information content (AvgIpc) is 2.46. The highest BCUT2D eigenvalue weighted by Gasteiger charge is 2.08. The number of anilines is 2. The molecule has 0 fully saturated rings. The van der Waals surface area contributed by atoms with Gasteiger partial charge in [0, 0.05) is 11.3 Å². The Morgan fingerprint density at radius 3 is 2.30 bits per heavy atom. The van der Waals surface area contributed by atoms with Crippen molar-refractivity contribution in [1.29, 1.82) is 0 Å². The second-order valence-electron chi connectivity index (χ2n) is 5.47. The van der Waals surface area contributed by atoms with Crippen LogP contribution >= 0.6 is 11.6 Å². The molecule has 0 aliphatic rings. The maximum Gasteiger partial charge on any atom is 0.243 e. The number of nitrogens with one attached hydrogen (secondary N) is 2. The van der Waals surface area contributed by atoms with E-state index in [-0.39, 0.29) is 18.2 Å². The van der Waals surface area contributed by atoms with Crippen LogP contribution in [0, 0.1) is 13.8 Å². The molecule has 2 aromatic rings. The molecule has 1 amide bonds. The van der Waals surface area contributed by atoms with Crippen molar-refractivity contribution < 1.29 is 9.59 Å². The smallest absolute Gasteiger partial charge is 0.243 e. The summed E-state index contributed by atoms with van der Waals surface area (Å²) in [6.45, 7) is 5.53. The summed E-state index contributed by atoms with van der Waals surface area (Å²) in [6, 6.07) is 10.7. The number of hydrogen-bond acceptors (Lipinski definition) is 3. The number of benzene rings is 2. The van der Waals surface area contributed by atoms with Crippen molar-refractivity contribution in [2.45, 2.75) is 20.8 Å². The number of hydrogen-bond donors (Lipinski definition) is 2. The summed E-state index contributed by atoms with van der Waals surface area (Å²) in [6.07, 6.45) is 0. The van der Waals surface area contributed by atoms with Crippen LogP contribution in [0.15, 0.2) is 36.4 Å². The third-order valence-electron chi connectivity index (χ3n) is 3.43. The average molecular weight is 331 g/mol. The lowest BCUT2D eigenvalue weighted by atomic mass is 10.1. The number of carbonyl (C=O) groups is 2. The van der Waals surface area contributed by atoms with Crippen molar-refractivity contribution in [3.05, 3.63) is 58.1 Å². The van der Waals surface area contributed by atoms with Gasteiger partial charge in [0.2, 0.25) is 5.91 Å². The van der Waals surface area contributed by atoms with Crippen molar-refractivity contribution >= 4 is 34.7 Å². The summed E-state index contributed by atoms with van der Waals surface area (Å²) in [5, 5.41) is 6.43. The Morgan fingerprint density at radius 1 is 1.09 bits per heavy atom. The molecule has 0 unspecified atom stereocenters. The van der Waals surface area contributed by atoms with Gasteiger partial charge >= 0.3 is 0 Å². The fourth-order valence-corrected chi connectivity index (χ4v) is 2.69. The Kier molecular flexibility index (Phi) is 5.40. The summed E-state index contributed by atoms with van der Waals surface area (Å²) in [5.41, 5.74) is 4.10. The Bertz CT molecular complexity index is 716. The Balaban J connectivity index is 1.96. The summed E-state index contributed by atoms with van der Waals surface area (Å²) in [4.78, 5) is 23.2. The fourth-order valence-electron chi connectivity index (χ4n) is 2.30. The van der Waals surface area contributed by atoms with E-state index in [9.17, 15) is 9.59 Å². The van der Waals surface area contributed by atoms with Gasteiger partial charge in [-0.15, -0.1) is 0 Å². The van der Waals surface area contributed by atoms with E-state index >= 15 is 0 Å². The van der Waals surface area contributed by atoms with Gasteiger partial charge in [0.15, 0.2) is 5.78 Å². The highest BCUT2D eigenvalue weighted by Crippen LogP contribution is 2.27. The number of ketones is 1. The topological polar surface area (TPSA) is 58.2 Å². The van der Waals surface area contributed by atoms with E-state index in [1.165, 1.54) is 6.92 Å². The van der Waals surface area contributed by atoms with Crippen LogP contribution in [0.4, 0.5) is 11.4 Å². The van der Waals surface area contributed by atoms with E-state index in [2.05, 4.69) is 10.6 Å². The van der Waals surface area contributed by atoms with Gasteiger partial charge in [0.05, 0.1) is 17.3 Å². The highest BCUT2D eigenvalue weighted by molar-refractivity contribution is 6.33. The van der Waals surface area contributed by atoms with Crippen LogP contribution in [0.25, 0.3) is 0 Å². The lowest BCUT2D eigenvalue weighted by Gasteiger charge is -2.13. The number of halogens is 1. The molecule has 0 bridgehead atoms. The van der Waals surface area contributed by atoms with Gasteiger partial charge in [0.1, 0.15) is 0 Å². The van der Waals surface area contributed by atoms with E-state index < -0.39 is 0 Å². The minimum Gasteiger partial charge on any atom is -0.375 e. The van der Waals surface area contributed by atoms with Crippen LogP contribution < -0.4 is 10.6 Å². The Labute approximate surface area is 140 Å². The van der Waals surface area contributed by atoms with E-state index in [0.717, 1.165) is 16.8 Å². The molecule has 0 aliphatic heterocycles. The molecule has 0 aromatic heterocycles. The Hall–Kier alpha value is -2.33. The number of carbonyl (C=O) groups excluding carboxylic acids is 2. The zero-order valence-electron chi connectivity index (χ0n) is 13.4. The van der Waals surface area contributed by atoms with Crippen molar-refractivity contribution in [2.24, 2.45) is 0 Å². The SMILES string of the molecule is CC(=O)c1ccc(NC(=O)CNc2c(C)cc(C)cc2Cl)cc1. The summed E-state index contributed by atoms with van der Waals surface area (Å²) < 4.78 is 0. The van der Waals surface area contributed by atoms with E-state index in [1.807, 2.05) is 26.0 Å². The largest absolute Gasteiger partial charge is 0.375 e. The summed E-state index contributed by atoms with van der Waals surface area (Å²) in [7, 11) is 0. The molecule has 2 aromatic carbocycles. The quantitative estimate of drug-likeness (QED) is 0.807. The predicted octanol–water partition coefficient (Wildman–Crippen LogP) is 4.21. The number of amides is 1. The lowest BCUT2D eigenvalue weighted by Crippen LogP contribution is -2.22. The van der Waals surface area contributed by atoms with Crippen molar-refractivity contribution in [1.82, 2.24) is 0 Å². The first-order valence-electron chi connectivity index (χ1n) is 7.28. The van der Waals surface area contributed by atoms with Gasteiger partial charge in [0.25, 0.3) is 0 Å². The summed E-state index contributed by atoms with van der Waals surface area (Å²) >= 11 is 6.20. The minimum absolute atomic E-state index is 0.00553. The molecule has 0 spiro atoms. The van der Waals surface area contributed by atoms with Crippen LogP contribution in [0.5, 0.6) is 0 Å². The van der Waals surface area contributed by atoms with Crippen LogP contribution in [0.3, 0.4) is 0 Å². The van der Waals surface area contributed by atoms with Gasteiger partial charge in [-0.1, -0.05) is 17.7 Å². The fraction of sp³-hybridized carbons (Fsp3) is 0.222. The summed E-state index contributed by atoms with van der Waals surface area (Å²) in [5.74, 6) is -0.189. The number of Topliss-reactive ketones (excluding diaryl/α,β-unsaturated/α-hetero) is 1. The first-order chi connectivity index (χ1) is 10.9. The third-order valence-corrected chi connectivity index (χ3v) is 3.73. The maximum absolute atomic E-state index is 12.0. The third kappa shape index (κ3) is 4.57. The molecule has 0 saturated heterocycles. The second kappa shape index (κ2) is 7.29. The van der Waals surface area contributed by atoms with Crippen LogP contribution in [-0.2, 0) is 4.79 Å². The molecule has 120 valence electrons. The first-order valence-corrected chi connectivity index (χ1v) is 7.66. The number of rotatable bonds is 5. The molecule has 4 nitrogen and oxygen atoms in total. The van der Waals surface area contributed by atoms with Gasteiger partial charge in [-0.05, 0) is 62.2 Å². The zero-order valence-corrected chi connectivity index (χ0v) is 14.1. The molecule has 0 saturated carbocycles. The zero-order chi connectivity index (χ0) is 17.0. The van der Waals surface area contributed by atoms with Crippen LogP contribution in [0.1, 0.15) is 28.4 Å². The van der Waals surface area contributed by atoms with Crippen molar-refractivity contribution in [3.63, 3.8) is 0 Å². The maximum atomic E-state index is 12.0. The van der Waals surface area contributed by atoms with E-state index in [1.54, 1.807) is 24.3 Å². The molecule has 23 heavy (non-hydrogen) atoms. The van der Waals surface area contributed by atoms with Gasteiger partial charge in [-0.25, -0.2) is 0 Å². The minimum atomic E-state index is -0.184. The predicted molar refractivity (Wildman–Crippen MR) is 94.5 cm³/mol. The molecule has 0 radical (unpaired) electrons. The molecular weight excluding hydrogens is 312 g/mol. The molecule has 2 N–H and O–H groups in total. The highest BCUT2D eigenvalue weighted by atomic mass is 35.5. The van der Waals surface area contributed by atoms with E-state index in [0.29, 0.717) is 16.3 Å². The second-order valence-corrected chi connectivity index (χ2v) is 5.88. The lowest BCUT2D eigenvalue weighted by molar-refractivity contribution is -0.114. The van der Waals surface area contributed by atoms with Gasteiger partial charge in [-0.3, -0.25) is 9.59 Å². The molecule has 5 heteroatoms. The molecular formula is C18H19ClN2O2. The van der Waals surface area contributed by atoms with Crippen molar-refractivity contribution in [3.8, 4) is 0 Å². The molecule has 0 atom stereocenters. The van der Waals surface area contributed by atoms with E-state index in [4.69, 9.17) is 11.6 Å². The van der Waals surface area contributed by atoms with Gasteiger partial charge in [-0.2, -0.15) is 0 Å².